The van der Waals surface area contributed by atoms with Crippen molar-refractivity contribution in [1.82, 2.24) is 4.90 Å². The van der Waals surface area contributed by atoms with Gasteiger partial charge in [-0.05, 0) is 24.3 Å². The van der Waals surface area contributed by atoms with Gasteiger partial charge in [0.25, 0.3) is 0 Å². The molecule has 1 aromatic carbocycles. The fourth-order valence-corrected chi connectivity index (χ4v) is 2.51. The number of nitrogens with zero attached hydrogens (tertiary/aromatic N) is 2. The molecule has 1 N–H and O–H groups in total. The zero-order chi connectivity index (χ0) is 15.6. The summed E-state index contributed by atoms with van der Waals surface area (Å²) in [7, 11) is 3.12. The summed E-state index contributed by atoms with van der Waals surface area (Å²) in [6.07, 6.45) is 0.0418. The summed E-state index contributed by atoms with van der Waals surface area (Å²) in [6, 6.07) is 5.54. The fraction of sp³-hybridized carbons (Fsp3) is 0.429. The zero-order valence-electron chi connectivity index (χ0n) is 11.8. The van der Waals surface area contributed by atoms with Crippen molar-refractivity contribution in [3.63, 3.8) is 0 Å². The molecule has 1 heterocycles. The van der Waals surface area contributed by atoms with E-state index in [0.29, 0.717) is 17.1 Å². The Hall–Kier alpha value is -1.79. The maximum Gasteiger partial charge on any atom is 0.326 e. The van der Waals surface area contributed by atoms with Gasteiger partial charge in [-0.1, -0.05) is 11.6 Å². The Morgan fingerprint density at radius 2 is 2.00 bits per heavy atom. The van der Waals surface area contributed by atoms with Crippen LogP contribution in [0, 0.1) is 0 Å². The van der Waals surface area contributed by atoms with Crippen molar-refractivity contribution in [3.8, 4) is 0 Å². The average molecular weight is 313 g/mol. The largest absolute Gasteiger partial charge is 0.480 e. The lowest BCUT2D eigenvalue weighted by atomic mass is 10.2. The minimum atomic E-state index is -1.02. The average Bonchev–Trinajstić information content (AvgIpc) is 2.91. The molecule has 1 fully saturated rings. The number of ether oxygens (including phenoxy) is 1. The number of carbonyl (C=O) groups is 2. The molecular formula is C14H17ClN2O4. The maximum absolute atomic E-state index is 12.5. The molecule has 2 amide bonds. The number of methoxy groups -OCH3 is 1. The number of carboxylic acids is 1. The predicted octanol–water partition coefficient (Wildman–Crippen LogP) is 2.07. The summed E-state index contributed by atoms with van der Waals surface area (Å²) >= 11 is 5.82. The summed E-state index contributed by atoms with van der Waals surface area (Å²) in [6.45, 7) is 0.268. The third kappa shape index (κ3) is 3.28. The molecule has 1 aliphatic rings. The first-order chi connectivity index (χ1) is 9.93. The number of hydrogen-bond donors (Lipinski definition) is 1. The molecule has 0 aliphatic carbocycles. The number of carbonyl (C=O) groups excluding carboxylic acids is 1. The lowest BCUT2D eigenvalue weighted by Gasteiger charge is -2.27. The Balaban J connectivity index is 2.17. The number of amides is 2. The van der Waals surface area contributed by atoms with Crippen molar-refractivity contribution in [2.24, 2.45) is 0 Å². The van der Waals surface area contributed by atoms with E-state index in [1.165, 1.54) is 16.9 Å². The smallest absolute Gasteiger partial charge is 0.326 e. The van der Waals surface area contributed by atoms with Crippen molar-refractivity contribution < 1.29 is 19.4 Å². The van der Waals surface area contributed by atoms with Crippen LogP contribution in [0.2, 0.25) is 5.02 Å². The number of urea groups is 1. The summed E-state index contributed by atoms with van der Waals surface area (Å²) in [5, 5.41) is 9.82. The van der Waals surface area contributed by atoms with Crippen LogP contribution >= 0.6 is 11.6 Å². The molecule has 1 saturated heterocycles. The minimum absolute atomic E-state index is 0.256. The molecule has 2 atom stereocenters. The van der Waals surface area contributed by atoms with Crippen LogP contribution in [0.25, 0.3) is 0 Å². The van der Waals surface area contributed by atoms with Gasteiger partial charge in [0.05, 0.1) is 6.10 Å². The second-order valence-corrected chi connectivity index (χ2v) is 5.35. The Morgan fingerprint density at radius 1 is 1.38 bits per heavy atom. The number of rotatable bonds is 3. The van der Waals surface area contributed by atoms with Gasteiger partial charge in [-0.2, -0.15) is 0 Å². The maximum atomic E-state index is 12.5. The number of halogens is 1. The first kappa shape index (κ1) is 15.6. The molecule has 1 aromatic rings. The van der Waals surface area contributed by atoms with E-state index in [4.69, 9.17) is 16.3 Å². The Kier molecular flexibility index (Phi) is 4.69. The van der Waals surface area contributed by atoms with Gasteiger partial charge in [0.2, 0.25) is 0 Å². The second-order valence-electron chi connectivity index (χ2n) is 4.92. The topological polar surface area (TPSA) is 70.1 Å². The number of aliphatic carboxylic acids is 1. The Morgan fingerprint density at radius 3 is 2.52 bits per heavy atom. The highest BCUT2D eigenvalue weighted by molar-refractivity contribution is 6.30. The van der Waals surface area contributed by atoms with E-state index >= 15 is 0 Å². The third-order valence-electron chi connectivity index (χ3n) is 3.63. The van der Waals surface area contributed by atoms with Gasteiger partial charge in [-0.15, -0.1) is 0 Å². The van der Waals surface area contributed by atoms with Gasteiger partial charge in [0.15, 0.2) is 0 Å². The fourth-order valence-electron chi connectivity index (χ4n) is 2.38. The Bertz CT molecular complexity index is 534. The molecule has 0 saturated carbocycles. The molecule has 0 aromatic heterocycles. The molecule has 21 heavy (non-hydrogen) atoms. The number of likely N-dealkylation sites (tertiary alicyclic amines) is 1. The molecule has 0 spiro atoms. The molecule has 6 nitrogen and oxygen atoms in total. The second kappa shape index (κ2) is 6.32. The van der Waals surface area contributed by atoms with E-state index in [2.05, 4.69) is 0 Å². The van der Waals surface area contributed by atoms with Crippen LogP contribution in [0.5, 0.6) is 0 Å². The molecule has 2 rings (SSSR count). The van der Waals surface area contributed by atoms with Crippen LogP contribution in [-0.4, -0.2) is 54.9 Å². The number of carboxylic acid groups (broad SMARTS) is 1. The lowest BCUT2D eigenvalue weighted by molar-refractivity contribution is -0.141. The highest BCUT2D eigenvalue weighted by Crippen LogP contribution is 2.24. The summed E-state index contributed by atoms with van der Waals surface area (Å²) in [5.74, 6) is -1.02. The highest BCUT2D eigenvalue weighted by Gasteiger charge is 2.41. The molecule has 0 radical (unpaired) electrons. The molecule has 114 valence electrons. The van der Waals surface area contributed by atoms with Crippen molar-refractivity contribution in [3.05, 3.63) is 29.3 Å². The number of hydrogen-bond acceptors (Lipinski definition) is 3. The van der Waals surface area contributed by atoms with Gasteiger partial charge in [0.1, 0.15) is 6.04 Å². The summed E-state index contributed by atoms with van der Waals surface area (Å²) in [5.41, 5.74) is 0.648. The highest BCUT2D eigenvalue weighted by atomic mass is 35.5. The molecule has 7 heteroatoms. The standard InChI is InChI=1S/C14H17ClN2O4/c1-16(10-5-3-9(15)4-6-10)14(20)17-8-11(21-2)7-12(17)13(18)19/h3-6,11-12H,7-8H2,1-2H3,(H,18,19)/t11-,12?/m1/s1. The monoisotopic (exact) mass is 312 g/mol. The lowest BCUT2D eigenvalue weighted by Crippen LogP contribution is -2.47. The van der Waals surface area contributed by atoms with Gasteiger partial charge >= 0.3 is 12.0 Å². The van der Waals surface area contributed by atoms with Crippen molar-refractivity contribution >= 4 is 29.3 Å². The van der Waals surface area contributed by atoms with Crippen LogP contribution in [-0.2, 0) is 9.53 Å². The summed E-state index contributed by atoms with van der Waals surface area (Å²) < 4.78 is 5.18. The number of benzene rings is 1. The van der Waals surface area contributed by atoms with Gasteiger partial charge < -0.3 is 14.7 Å². The predicted molar refractivity (Wildman–Crippen MR) is 78.8 cm³/mol. The third-order valence-corrected chi connectivity index (χ3v) is 3.88. The minimum Gasteiger partial charge on any atom is -0.480 e. The normalized spacial score (nSPS) is 21.4. The van der Waals surface area contributed by atoms with E-state index in [9.17, 15) is 14.7 Å². The van der Waals surface area contributed by atoms with Crippen molar-refractivity contribution in [1.29, 1.82) is 0 Å². The van der Waals surface area contributed by atoms with E-state index in [1.807, 2.05) is 0 Å². The molecule has 0 bridgehead atoms. The zero-order valence-corrected chi connectivity index (χ0v) is 12.6. The van der Waals surface area contributed by atoms with Crippen molar-refractivity contribution in [2.45, 2.75) is 18.6 Å². The number of anilines is 1. The quantitative estimate of drug-likeness (QED) is 0.927. The van der Waals surface area contributed by atoms with Crippen LogP contribution < -0.4 is 4.90 Å². The van der Waals surface area contributed by atoms with Gasteiger partial charge in [-0.25, -0.2) is 9.59 Å². The van der Waals surface area contributed by atoms with Crippen LogP contribution in [0.4, 0.5) is 10.5 Å². The first-order valence-electron chi connectivity index (χ1n) is 6.49. The van der Waals surface area contributed by atoms with Crippen LogP contribution in [0.15, 0.2) is 24.3 Å². The van der Waals surface area contributed by atoms with Gasteiger partial charge in [-0.3, -0.25) is 4.90 Å². The molecular weight excluding hydrogens is 296 g/mol. The van der Waals surface area contributed by atoms with Gasteiger partial charge in [0, 0.05) is 37.8 Å². The Labute approximate surface area is 127 Å². The summed E-state index contributed by atoms with van der Waals surface area (Å²) in [4.78, 5) is 26.5. The van der Waals surface area contributed by atoms with E-state index in [0.717, 1.165) is 0 Å². The van der Waals surface area contributed by atoms with E-state index in [1.54, 1.807) is 31.3 Å². The SMILES string of the molecule is CO[C@@H]1CC(C(=O)O)N(C(=O)N(C)c2ccc(Cl)cc2)C1. The van der Waals surface area contributed by atoms with Crippen molar-refractivity contribution in [2.75, 3.05) is 25.6 Å². The molecule has 1 aliphatic heterocycles. The van der Waals surface area contributed by atoms with Crippen LogP contribution in [0.3, 0.4) is 0 Å². The van der Waals surface area contributed by atoms with E-state index in [-0.39, 0.29) is 18.7 Å². The molecule has 1 unspecified atom stereocenters. The first-order valence-corrected chi connectivity index (χ1v) is 6.87. The van der Waals surface area contributed by atoms with Crippen LogP contribution in [0.1, 0.15) is 6.42 Å². The van der Waals surface area contributed by atoms with E-state index < -0.39 is 12.0 Å².